The molecule has 0 amide bonds. The number of nitrogens with one attached hydrogen (secondary N) is 1. The van der Waals surface area contributed by atoms with E-state index in [-0.39, 0.29) is 0 Å². The van der Waals surface area contributed by atoms with Crippen molar-refractivity contribution in [2.75, 3.05) is 31.5 Å². The van der Waals surface area contributed by atoms with Crippen LogP contribution in [-0.2, 0) is 12.8 Å². The Hall–Kier alpha value is -1.91. The second kappa shape index (κ2) is 7.54. The van der Waals surface area contributed by atoms with Crippen molar-refractivity contribution in [3.63, 3.8) is 0 Å². The number of fused-ring (bicyclic) bond motifs is 1. The van der Waals surface area contributed by atoms with Gasteiger partial charge in [0, 0.05) is 37.9 Å². The molecule has 1 atom stereocenters. The molecule has 2 aromatic rings. The predicted molar refractivity (Wildman–Crippen MR) is 108 cm³/mol. The molecule has 1 N–H and O–H groups in total. The number of para-hydroxylation sites is 1. The highest BCUT2D eigenvalue weighted by atomic mass is 32.1. The van der Waals surface area contributed by atoms with Crippen LogP contribution in [-0.4, -0.2) is 47.1 Å². The third-order valence-corrected chi connectivity index (χ3v) is 5.82. The molecule has 1 heterocycles. The average molecular weight is 352 g/mol. The number of aryl methyl sites for hydroxylation is 1. The van der Waals surface area contributed by atoms with Crippen LogP contribution in [0.1, 0.15) is 17.5 Å². The van der Waals surface area contributed by atoms with Crippen molar-refractivity contribution in [1.82, 2.24) is 9.80 Å². The van der Waals surface area contributed by atoms with E-state index in [1.807, 2.05) is 18.2 Å². The zero-order valence-electron chi connectivity index (χ0n) is 14.5. The Balaban J connectivity index is 1.31. The zero-order valence-corrected chi connectivity index (χ0v) is 15.3. The van der Waals surface area contributed by atoms with Gasteiger partial charge in [-0.25, -0.2) is 0 Å². The van der Waals surface area contributed by atoms with Crippen LogP contribution >= 0.6 is 12.2 Å². The molecule has 2 aliphatic rings. The maximum atomic E-state index is 5.60. The molecular weight excluding hydrogens is 326 g/mol. The Morgan fingerprint density at radius 3 is 2.32 bits per heavy atom. The van der Waals surface area contributed by atoms with Crippen LogP contribution in [0.3, 0.4) is 0 Å². The lowest BCUT2D eigenvalue weighted by Crippen LogP contribution is -2.53. The van der Waals surface area contributed by atoms with Gasteiger partial charge in [0.05, 0.1) is 0 Å². The maximum absolute atomic E-state index is 5.60. The molecule has 0 bridgehead atoms. The van der Waals surface area contributed by atoms with E-state index in [9.17, 15) is 0 Å². The standard InChI is InChI=1S/C21H25N3S/c25-21(22-19-8-2-1-3-9-19)24-14-12-23(13-15-24)20-11-10-17-6-4-5-7-18(17)16-20/h1-9,20H,10-16H2,(H,22,25). The molecule has 1 unspecified atom stereocenters. The van der Waals surface area contributed by atoms with E-state index in [1.54, 1.807) is 11.1 Å². The second-order valence-electron chi connectivity index (χ2n) is 6.98. The molecule has 0 aromatic heterocycles. The summed E-state index contributed by atoms with van der Waals surface area (Å²) in [6.07, 6.45) is 3.70. The van der Waals surface area contributed by atoms with Gasteiger partial charge in [0.15, 0.2) is 5.11 Å². The van der Waals surface area contributed by atoms with E-state index in [0.29, 0.717) is 6.04 Å². The molecule has 0 saturated carbocycles. The molecule has 4 heteroatoms. The number of piperazine rings is 1. The Morgan fingerprint density at radius 1 is 0.880 bits per heavy atom. The molecule has 0 radical (unpaired) electrons. The normalized spacial score (nSPS) is 20.8. The molecule has 0 spiro atoms. The first-order chi connectivity index (χ1) is 12.3. The molecule has 1 saturated heterocycles. The minimum Gasteiger partial charge on any atom is -0.346 e. The molecule has 1 aliphatic carbocycles. The summed E-state index contributed by atoms with van der Waals surface area (Å²) in [6, 6.07) is 19.8. The quantitative estimate of drug-likeness (QED) is 0.834. The molecule has 130 valence electrons. The molecule has 1 aliphatic heterocycles. The second-order valence-corrected chi connectivity index (χ2v) is 7.37. The van der Waals surface area contributed by atoms with Gasteiger partial charge in [-0.3, -0.25) is 4.90 Å². The summed E-state index contributed by atoms with van der Waals surface area (Å²) >= 11 is 5.60. The van der Waals surface area contributed by atoms with Gasteiger partial charge in [-0.15, -0.1) is 0 Å². The minimum atomic E-state index is 0.688. The molecule has 3 nitrogen and oxygen atoms in total. The van der Waals surface area contributed by atoms with Crippen molar-refractivity contribution in [1.29, 1.82) is 0 Å². The lowest BCUT2D eigenvalue weighted by atomic mass is 9.87. The number of anilines is 1. The van der Waals surface area contributed by atoms with E-state index in [1.165, 1.54) is 19.3 Å². The summed E-state index contributed by atoms with van der Waals surface area (Å²) in [5, 5.41) is 4.20. The van der Waals surface area contributed by atoms with E-state index >= 15 is 0 Å². The van der Waals surface area contributed by atoms with Crippen LogP contribution in [0.4, 0.5) is 5.69 Å². The Labute approximate surface area is 155 Å². The number of rotatable bonds is 2. The lowest BCUT2D eigenvalue weighted by Gasteiger charge is -2.41. The predicted octanol–water partition coefficient (Wildman–Crippen LogP) is 3.56. The van der Waals surface area contributed by atoms with Crippen molar-refractivity contribution in [3.8, 4) is 0 Å². The Morgan fingerprint density at radius 2 is 1.56 bits per heavy atom. The molecule has 4 rings (SSSR count). The van der Waals surface area contributed by atoms with Crippen molar-refractivity contribution in [2.24, 2.45) is 0 Å². The van der Waals surface area contributed by atoms with Gasteiger partial charge in [0.25, 0.3) is 0 Å². The fourth-order valence-corrected chi connectivity index (χ4v) is 4.30. The van der Waals surface area contributed by atoms with Crippen LogP contribution in [0.2, 0.25) is 0 Å². The fraction of sp³-hybridized carbons (Fsp3) is 0.381. The smallest absolute Gasteiger partial charge is 0.173 e. The van der Waals surface area contributed by atoms with Gasteiger partial charge in [0.1, 0.15) is 0 Å². The Bertz CT molecular complexity index is 723. The third kappa shape index (κ3) is 3.86. The molecule has 1 fully saturated rings. The SMILES string of the molecule is S=C(Nc1ccccc1)N1CCN(C2CCc3ccccc3C2)CC1. The number of hydrogen-bond donors (Lipinski definition) is 1. The monoisotopic (exact) mass is 351 g/mol. The number of hydrogen-bond acceptors (Lipinski definition) is 2. The highest BCUT2D eigenvalue weighted by Gasteiger charge is 2.27. The van der Waals surface area contributed by atoms with Gasteiger partial charge in [0.2, 0.25) is 0 Å². The van der Waals surface area contributed by atoms with E-state index in [0.717, 1.165) is 37.0 Å². The van der Waals surface area contributed by atoms with Gasteiger partial charge >= 0.3 is 0 Å². The first kappa shape index (κ1) is 16.6. The summed E-state index contributed by atoms with van der Waals surface area (Å²) in [6.45, 7) is 4.22. The first-order valence-corrected chi connectivity index (χ1v) is 9.62. The van der Waals surface area contributed by atoms with Crippen LogP contribution in [0, 0.1) is 0 Å². The van der Waals surface area contributed by atoms with Gasteiger partial charge < -0.3 is 10.2 Å². The van der Waals surface area contributed by atoms with E-state index in [2.05, 4.69) is 51.5 Å². The minimum absolute atomic E-state index is 0.688. The van der Waals surface area contributed by atoms with Crippen LogP contribution < -0.4 is 5.32 Å². The highest BCUT2D eigenvalue weighted by molar-refractivity contribution is 7.80. The van der Waals surface area contributed by atoms with Crippen molar-refractivity contribution >= 4 is 23.0 Å². The number of thiocarbonyl (C=S) groups is 1. The first-order valence-electron chi connectivity index (χ1n) is 9.21. The molecule has 2 aromatic carbocycles. The summed E-state index contributed by atoms with van der Waals surface area (Å²) in [5.74, 6) is 0. The Kier molecular flexibility index (Phi) is 4.99. The molecule has 25 heavy (non-hydrogen) atoms. The zero-order chi connectivity index (χ0) is 17.1. The van der Waals surface area contributed by atoms with Crippen LogP contribution in [0.5, 0.6) is 0 Å². The van der Waals surface area contributed by atoms with E-state index < -0.39 is 0 Å². The summed E-state index contributed by atoms with van der Waals surface area (Å²) in [5.41, 5.74) is 4.16. The number of benzene rings is 2. The van der Waals surface area contributed by atoms with Crippen molar-refractivity contribution < 1.29 is 0 Å². The van der Waals surface area contributed by atoms with Gasteiger partial charge in [-0.1, -0.05) is 42.5 Å². The molecular formula is C21H25N3S. The average Bonchev–Trinajstić information content (AvgIpc) is 2.68. The fourth-order valence-electron chi connectivity index (χ4n) is 4.00. The lowest BCUT2D eigenvalue weighted by molar-refractivity contribution is 0.123. The maximum Gasteiger partial charge on any atom is 0.173 e. The summed E-state index contributed by atoms with van der Waals surface area (Å²) in [7, 11) is 0. The van der Waals surface area contributed by atoms with Crippen molar-refractivity contribution in [2.45, 2.75) is 25.3 Å². The van der Waals surface area contributed by atoms with Crippen LogP contribution in [0.25, 0.3) is 0 Å². The number of nitrogens with zero attached hydrogens (tertiary/aromatic N) is 2. The largest absolute Gasteiger partial charge is 0.346 e. The summed E-state index contributed by atoms with van der Waals surface area (Å²) in [4.78, 5) is 4.97. The van der Waals surface area contributed by atoms with Gasteiger partial charge in [-0.2, -0.15) is 0 Å². The topological polar surface area (TPSA) is 18.5 Å². The highest BCUT2D eigenvalue weighted by Crippen LogP contribution is 2.25. The summed E-state index contributed by atoms with van der Waals surface area (Å²) < 4.78 is 0. The van der Waals surface area contributed by atoms with Gasteiger partial charge in [-0.05, 0) is 54.7 Å². The van der Waals surface area contributed by atoms with Crippen LogP contribution in [0.15, 0.2) is 54.6 Å². The van der Waals surface area contributed by atoms with E-state index in [4.69, 9.17) is 12.2 Å². The van der Waals surface area contributed by atoms with Crippen molar-refractivity contribution in [3.05, 3.63) is 65.7 Å². The third-order valence-electron chi connectivity index (χ3n) is 5.46.